The zero-order valence-corrected chi connectivity index (χ0v) is 9.29. The summed E-state index contributed by atoms with van der Waals surface area (Å²) in [5, 5.41) is 3.39. The molecule has 0 aliphatic heterocycles. The van der Waals surface area contributed by atoms with E-state index in [1.165, 1.54) is 4.88 Å². The third kappa shape index (κ3) is 3.94. The number of rotatable bonds is 5. The van der Waals surface area contributed by atoms with Crippen molar-refractivity contribution in [1.29, 1.82) is 0 Å². The molecule has 0 saturated carbocycles. The minimum Gasteiger partial charge on any atom is -0.309 e. The van der Waals surface area contributed by atoms with Crippen molar-refractivity contribution in [3.63, 3.8) is 0 Å². The van der Waals surface area contributed by atoms with E-state index in [0.29, 0.717) is 6.04 Å². The van der Waals surface area contributed by atoms with Crippen molar-refractivity contribution in [3.05, 3.63) is 34.0 Å². The van der Waals surface area contributed by atoms with Crippen molar-refractivity contribution in [2.24, 2.45) is 0 Å². The fourth-order valence-electron chi connectivity index (χ4n) is 1.05. The molecule has 0 aliphatic carbocycles. The van der Waals surface area contributed by atoms with Gasteiger partial charge in [0.2, 0.25) is 0 Å². The average Bonchev–Trinajstić information content (AvgIpc) is 2.49. The van der Waals surface area contributed by atoms with Crippen LogP contribution in [-0.4, -0.2) is 6.04 Å². The predicted octanol–water partition coefficient (Wildman–Crippen LogP) is 3.46. The van der Waals surface area contributed by atoms with Crippen molar-refractivity contribution in [2.75, 3.05) is 0 Å². The lowest BCUT2D eigenvalue weighted by molar-refractivity contribution is 0.557. The van der Waals surface area contributed by atoms with Crippen molar-refractivity contribution in [2.45, 2.75) is 25.9 Å². The maximum absolute atomic E-state index is 5.81. The fourth-order valence-corrected chi connectivity index (χ4v) is 2.09. The molecular formula is C10H14ClNS. The lowest BCUT2D eigenvalue weighted by Crippen LogP contribution is -2.24. The molecule has 1 rings (SSSR count). The van der Waals surface area contributed by atoms with Gasteiger partial charge in [-0.1, -0.05) is 17.7 Å². The molecule has 1 nitrogen and oxygen atoms in total. The van der Waals surface area contributed by atoms with Crippen molar-refractivity contribution in [1.82, 2.24) is 5.32 Å². The van der Waals surface area contributed by atoms with Crippen LogP contribution in [0.15, 0.2) is 24.8 Å². The monoisotopic (exact) mass is 215 g/mol. The van der Waals surface area contributed by atoms with Gasteiger partial charge in [-0.15, -0.1) is 17.9 Å². The van der Waals surface area contributed by atoms with E-state index in [4.69, 9.17) is 11.6 Å². The molecule has 1 aromatic heterocycles. The molecule has 0 spiro atoms. The highest BCUT2D eigenvalue weighted by Gasteiger charge is 2.00. The molecule has 1 unspecified atom stereocenters. The maximum Gasteiger partial charge on any atom is 0.0931 e. The molecular weight excluding hydrogens is 202 g/mol. The Hall–Kier alpha value is -0.310. The molecule has 1 atom stereocenters. The number of thiophene rings is 1. The van der Waals surface area contributed by atoms with Gasteiger partial charge in [0.25, 0.3) is 0 Å². The summed E-state index contributed by atoms with van der Waals surface area (Å²) >= 11 is 7.44. The van der Waals surface area contributed by atoms with Crippen molar-refractivity contribution in [3.8, 4) is 0 Å². The van der Waals surface area contributed by atoms with E-state index in [9.17, 15) is 0 Å². The van der Waals surface area contributed by atoms with E-state index < -0.39 is 0 Å². The van der Waals surface area contributed by atoms with Gasteiger partial charge in [0.05, 0.1) is 4.34 Å². The van der Waals surface area contributed by atoms with Crippen molar-refractivity contribution < 1.29 is 0 Å². The van der Waals surface area contributed by atoms with Crippen LogP contribution in [0.2, 0.25) is 4.34 Å². The van der Waals surface area contributed by atoms with Crippen LogP contribution in [0, 0.1) is 0 Å². The van der Waals surface area contributed by atoms with Crippen LogP contribution in [0.1, 0.15) is 18.2 Å². The minimum atomic E-state index is 0.485. The Balaban J connectivity index is 2.30. The highest BCUT2D eigenvalue weighted by atomic mass is 35.5. The van der Waals surface area contributed by atoms with Gasteiger partial charge in [-0.25, -0.2) is 0 Å². The van der Waals surface area contributed by atoms with Gasteiger partial charge in [0.15, 0.2) is 0 Å². The molecule has 1 aromatic rings. The molecule has 13 heavy (non-hydrogen) atoms. The van der Waals surface area contributed by atoms with Crippen LogP contribution in [0.3, 0.4) is 0 Å². The first-order valence-corrected chi connectivity index (χ1v) is 5.50. The van der Waals surface area contributed by atoms with E-state index in [0.717, 1.165) is 17.3 Å². The number of hydrogen-bond acceptors (Lipinski definition) is 2. The molecule has 1 N–H and O–H groups in total. The Labute approximate surface area is 88.4 Å². The summed E-state index contributed by atoms with van der Waals surface area (Å²) in [6.07, 6.45) is 2.93. The lowest BCUT2D eigenvalue weighted by atomic mass is 10.2. The second-order valence-electron chi connectivity index (χ2n) is 3.01. The molecule has 0 amide bonds. The highest BCUT2D eigenvalue weighted by molar-refractivity contribution is 7.16. The van der Waals surface area contributed by atoms with E-state index in [1.54, 1.807) is 11.3 Å². The molecule has 1 heterocycles. The second-order valence-corrected chi connectivity index (χ2v) is 4.81. The third-order valence-corrected chi connectivity index (χ3v) is 3.00. The van der Waals surface area contributed by atoms with E-state index in [1.807, 2.05) is 12.1 Å². The van der Waals surface area contributed by atoms with Crippen LogP contribution < -0.4 is 5.32 Å². The predicted molar refractivity (Wildman–Crippen MR) is 60.4 cm³/mol. The lowest BCUT2D eigenvalue weighted by Gasteiger charge is -2.09. The summed E-state index contributed by atoms with van der Waals surface area (Å²) < 4.78 is 0.855. The van der Waals surface area contributed by atoms with Gasteiger partial charge in [0, 0.05) is 17.5 Å². The van der Waals surface area contributed by atoms with Gasteiger partial charge in [-0.3, -0.25) is 0 Å². The number of hydrogen-bond donors (Lipinski definition) is 1. The highest BCUT2D eigenvalue weighted by Crippen LogP contribution is 2.21. The van der Waals surface area contributed by atoms with Gasteiger partial charge >= 0.3 is 0 Å². The van der Waals surface area contributed by atoms with Crippen LogP contribution in [0.5, 0.6) is 0 Å². The number of halogens is 1. The van der Waals surface area contributed by atoms with Crippen molar-refractivity contribution >= 4 is 22.9 Å². The Morgan fingerprint density at radius 3 is 3.00 bits per heavy atom. The zero-order chi connectivity index (χ0) is 9.68. The van der Waals surface area contributed by atoms with Crippen LogP contribution >= 0.6 is 22.9 Å². The summed E-state index contributed by atoms with van der Waals surface area (Å²) in [5.41, 5.74) is 0. The average molecular weight is 216 g/mol. The molecule has 0 bridgehead atoms. The van der Waals surface area contributed by atoms with Gasteiger partial charge < -0.3 is 5.32 Å². The normalized spacial score (nSPS) is 12.8. The molecule has 0 saturated heterocycles. The minimum absolute atomic E-state index is 0.485. The van der Waals surface area contributed by atoms with Crippen LogP contribution in [-0.2, 0) is 6.54 Å². The largest absolute Gasteiger partial charge is 0.309 e. The first kappa shape index (κ1) is 10.8. The van der Waals surface area contributed by atoms with Gasteiger partial charge in [-0.2, -0.15) is 0 Å². The summed E-state index contributed by atoms with van der Waals surface area (Å²) in [6.45, 7) is 6.75. The zero-order valence-electron chi connectivity index (χ0n) is 7.72. The quantitative estimate of drug-likeness (QED) is 0.742. The van der Waals surface area contributed by atoms with Crippen LogP contribution in [0.4, 0.5) is 0 Å². The smallest absolute Gasteiger partial charge is 0.0931 e. The third-order valence-electron chi connectivity index (χ3n) is 1.77. The second kappa shape index (κ2) is 5.43. The first-order valence-electron chi connectivity index (χ1n) is 4.31. The Bertz CT molecular complexity index is 270. The Kier molecular flexibility index (Phi) is 4.50. The van der Waals surface area contributed by atoms with E-state index >= 15 is 0 Å². The summed E-state index contributed by atoms with van der Waals surface area (Å²) in [4.78, 5) is 1.28. The number of nitrogens with one attached hydrogen (secondary N) is 1. The summed E-state index contributed by atoms with van der Waals surface area (Å²) in [6, 6.07) is 4.47. The SMILES string of the molecule is C=CCC(C)NCc1ccc(Cl)s1. The van der Waals surface area contributed by atoms with E-state index in [2.05, 4.69) is 24.9 Å². The maximum atomic E-state index is 5.81. The molecule has 0 fully saturated rings. The first-order chi connectivity index (χ1) is 6.22. The summed E-state index contributed by atoms with van der Waals surface area (Å²) in [7, 11) is 0. The Morgan fingerprint density at radius 2 is 2.46 bits per heavy atom. The van der Waals surface area contributed by atoms with Crippen LogP contribution in [0.25, 0.3) is 0 Å². The molecule has 0 radical (unpaired) electrons. The van der Waals surface area contributed by atoms with E-state index in [-0.39, 0.29) is 0 Å². The molecule has 0 aromatic carbocycles. The summed E-state index contributed by atoms with van der Waals surface area (Å²) in [5.74, 6) is 0. The molecule has 0 aliphatic rings. The standard InChI is InChI=1S/C10H14ClNS/c1-3-4-8(2)12-7-9-5-6-10(11)13-9/h3,5-6,8,12H,1,4,7H2,2H3. The van der Waals surface area contributed by atoms with Gasteiger partial charge in [-0.05, 0) is 25.5 Å². The topological polar surface area (TPSA) is 12.0 Å². The van der Waals surface area contributed by atoms with Gasteiger partial charge in [0.1, 0.15) is 0 Å². The molecule has 72 valence electrons. The molecule has 3 heteroatoms. The fraction of sp³-hybridized carbons (Fsp3) is 0.400. The Morgan fingerprint density at radius 1 is 1.69 bits per heavy atom.